The minimum absolute atomic E-state index is 0.107. The molecule has 1 heteroatoms. The van der Waals surface area contributed by atoms with E-state index in [1.165, 1.54) is 12.0 Å². The van der Waals surface area contributed by atoms with E-state index in [0.717, 1.165) is 31.2 Å². The van der Waals surface area contributed by atoms with Gasteiger partial charge in [-0.05, 0) is 24.8 Å². The SMILES string of the molecule is CCCCC1(C)CCc2ccccc2C1=O. The minimum Gasteiger partial charge on any atom is -0.294 e. The standard InChI is InChI=1S/C15H20O/c1-3-4-10-15(2)11-9-12-7-5-6-8-13(12)14(15)16/h5-8H,3-4,9-11H2,1-2H3. The lowest BCUT2D eigenvalue weighted by molar-refractivity contribution is 0.0766. The molecular formula is C15H20O. The highest BCUT2D eigenvalue weighted by molar-refractivity contribution is 6.02. The summed E-state index contributed by atoms with van der Waals surface area (Å²) in [6, 6.07) is 8.08. The zero-order valence-electron chi connectivity index (χ0n) is 10.3. The number of carbonyl (C=O) groups excluding carboxylic acids is 1. The van der Waals surface area contributed by atoms with Crippen LogP contribution in [0.4, 0.5) is 0 Å². The number of fused-ring (bicyclic) bond motifs is 1. The van der Waals surface area contributed by atoms with Gasteiger partial charge in [-0.3, -0.25) is 4.79 Å². The first-order valence-corrected chi connectivity index (χ1v) is 6.30. The van der Waals surface area contributed by atoms with Gasteiger partial charge in [0, 0.05) is 11.0 Å². The van der Waals surface area contributed by atoms with E-state index < -0.39 is 0 Å². The molecule has 1 unspecified atom stereocenters. The summed E-state index contributed by atoms with van der Waals surface area (Å²) in [6.45, 7) is 4.32. The van der Waals surface area contributed by atoms with Gasteiger partial charge in [0.05, 0.1) is 0 Å². The van der Waals surface area contributed by atoms with Gasteiger partial charge >= 0.3 is 0 Å². The monoisotopic (exact) mass is 216 g/mol. The van der Waals surface area contributed by atoms with Gasteiger partial charge in [-0.15, -0.1) is 0 Å². The summed E-state index contributed by atoms with van der Waals surface area (Å²) in [5.74, 6) is 0.364. The van der Waals surface area contributed by atoms with Gasteiger partial charge in [0.25, 0.3) is 0 Å². The number of rotatable bonds is 3. The fourth-order valence-corrected chi connectivity index (χ4v) is 2.61. The molecule has 1 atom stereocenters. The maximum atomic E-state index is 12.4. The van der Waals surface area contributed by atoms with Crippen LogP contribution in [0.5, 0.6) is 0 Å². The molecule has 0 saturated carbocycles. The second-order valence-corrected chi connectivity index (χ2v) is 5.15. The van der Waals surface area contributed by atoms with Gasteiger partial charge in [-0.25, -0.2) is 0 Å². The molecule has 0 N–H and O–H groups in total. The van der Waals surface area contributed by atoms with Crippen molar-refractivity contribution in [2.45, 2.75) is 46.0 Å². The molecule has 0 radical (unpaired) electrons. The van der Waals surface area contributed by atoms with Crippen molar-refractivity contribution in [3.8, 4) is 0 Å². The quantitative estimate of drug-likeness (QED) is 0.746. The summed E-state index contributed by atoms with van der Waals surface area (Å²) in [6.07, 6.45) is 5.44. The summed E-state index contributed by atoms with van der Waals surface area (Å²) in [7, 11) is 0. The van der Waals surface area contributed by atoms with Crippen LogP contribution < -0.4 is 0 Å². The fourth-order valence-electron chi connectivity index (χ4n) is 2.61. The first-order chi connectivity index (χ1) is 7.67. The Labute approximate surface area is 97.9 Å². The topological polar surface area (TPSA) is 17.1 Å². The molecule has 1 aromatic carbocycles. The van der Waals surface area contributed by atoms with Crippen LogP contribution in [0.25, 0.3) is 0 Å². The maximum absolute atomic E-state index is 12.4. The average molecular weight is 216 g/mol. The lowest BCUT2D eigenvalue weighted by atomic mass is 9.69. The molecule has 1 aliphatic rings. The smallest absolute Gasteiger partial charge is 0.169 e. The molecule has 0 aromatic heterocycles. The fraction of sp³-hybridized carbons (Fsp3) is 0.533. The number of hydrogen-bond acceptors (Lipinski definition) is 1. The number of unbranched alkanes of at least 4 members (excludes halogenated alkanes) is 1. The van der Waals surface area contributed by atoms with Crippen molar-refractivity contribution in [1.82, 2.24) is 0 Å². The molecule has 16 heavy (non-hydrogen) atoms. The number of Topliss-reactive ketones (excluding diaryl/α,β-unsaturated/α-hetero) is 1. The second kappa shape index (κ2) is 4.40. The van der Waals surface area contributed by atoms with E-state index in [9.17, 15) is 4.79 Å². The summed E-state index contributed by atoms with van der Waals surface area (Å²) in [4.78, 5) is 12.4. The molecule has 0 aliphatic heterocycles. The second-order valence-electron chi connectivity index (χ2n) is 5.15. The first kappa shape index (κ1) is 11.4. The van der Waals surface area contributed by atoms with Gasteiger partial charge in [0.2, 0.25) is 0 Å². The van der Waals surface area contributed by atoms with Gasteiger partial charge < -0.3 is 0 Å². The van der Waals surface area contributed by atoms with E-state index in [1.807, 2.05) is 18.2 Å². The lowest BCUT2D eigenvalue weighted by Crippen LogP contribution is -2.33. The Hall–Kier alpha value is -1.11. The van der Waals surface area contributed by atoms with E-state index in [0.29, 0.717) is 5.78 Å². The molecule has 0 bridgehead atoms. The number of aryl methyl sites for hydroxylation is 1. The van der Waals surface area contributed by atoms with Gasteiger partial charge in [-0.1, -0.05) is 51.0 Å². The molecule has 0 amide bonds. The average Bonchev–Trinajstić information content (AvgIpc) is 2.32. The third kappa shape index (κ3) is 1.91. The predicted octanol–water partition coefficient (Wildman–Crippen LogP) is 4.01. The largest absolute Gasteiger partial charge is 0.294 e. The van der Waals surface area contributed by atoms with Crippen LogP contribution in [0.2, 0.25) is 0 Å². The normalized spacial score (nSPS) is 24.2. The van der Waals surface area contributed by atoms with Crippen molar-refractivity contribution < 1.29 is 4.79 Å². The van der Waals surface area contributed by atoms with E-state index in [4.69, 9.17) is 0 Å². The van der Waals surface area contributed by atoms with Crippen LogP contribution in [0.1, 0.15) is 55.5 Å². The van der Waals surface area contributed by atoms with Crippen LogP contribution >= 0.6 is 0 Å². The highest BCUT2D eigenvalue weighted by Crippen LogP contribution is 2.38. The van der Waals surface area contributed by atoms with E-state index in [-0.39, 0.29) is 5.41 Å². The lowest BCUT2D eigenvalue weighted by Gasteiger charge is -2.33. The minimum atomic E-state index is -0.107. The third-order valence-electron chi connectivity index (χ3n) is 3.84. The van der Waals surface area contributed by atoms with Crippen molar-refractivity contribution >= 4 is 5.78 Å². The van der Waals surface area contributed by atoms with E-state index >= 15 is 0 Å². The highest BCUT2D eigenvalue weighted by atomic mass is 16.1. The van der Waals surface area contributed by atoms with Crippen LogP contribution in [0, 0.1) is 5.41 Å². The van der Waals surface area contributed by atoms with Gasteiger partial charge in [0.1, 0.15) is 0 Å². The van der Waals surface area contributed by atoms with Crippen molar-refractivity contribution in [2.24, 2.45) is 5.41 Å². The Kier molecular flexibility index (Phi) is 3.13. The maximum Gasteiger partial charge on any atom is 0.169 e. The Bertz CT molecular complexity index is 394. The number of ketones is 1. The predicted molar refractivity (Wildman–Crippen MR) is 66.7 cm³/mol. The first-order valence-electron chi connectivity index (χ1n) is 6.30. The third-order valence-corrected chi connectivity index (χ3v) is 3.84. The molecule has 1 nitrogen and oxygen atoms in total. The zero-order chi connectivity index (χ0) is 11.6. The summed E-state index contributed by atoms with van der Waals surface area (Å²) < 4.78 is 0. The summed E-state index contributed by atoms with van der Waals surface area (Å²) in [5.41, 5.74) is 2.10. The van der Waals surface area contributed by atoms with Crippen molar-refractivity contribution in [1.29, 1.82) is 0 Å². The number of carbonyl (C=O) groups is 1. The van der Waals surface area contributed by atoms with Crippen molar-refractivity contribution in [3.05, 3.63) is 35.4 Å². The molecule has 86 valence electrons. The molecule has 0 saturated heterocycles. The van der Waals surface area contributed by atoms with Crippen LogP contribution in [-0.2, 0) is 6.42 Å². The summed E-state index contributed by atoms with van der Waals surface area (Å²) in [5, 5.41) is 0. The molecular weight excluding hydrogens is 196 g/mol. The zero-order valence-corrected chi connectivity index (χ0v) is 10.3. The molecule has 0 spiro atoms. The Morgan fingerprint density at radius 2 is 2.06 bits per heavy atom. The molecule has 1 aliphatic carbocycles. The van der Waals surface area contributed by atoms with Crippen molar-refractivity contribution in [3.63, 3.8) is 0 Å². The summed E-state index contributed by atoms with van der Waals surface area (Å²) >= 11 is 0. The van der Waals surface area contributed by atoms with Crippen LogP contribution in [0.15, 0.2) is 24.3 Å². The molecule has 2 rings (SSSR count). The molecule has 0 heterocycles. The molecule has 1 aromatic rings. The highest BCUT2D eigenvalue weighted by Gasteiger charge is 2.37. The van der Waals surface area contributed by atoms with Gasteiger partial charge in [-0.2, -0.15) is 0 Å². The Morgan fingerprint density at radius 3 is 2.81 bits per heavy atom. The van der Waals surface area contributed by atoms with E-state index in [2.05, 4.69) is 19.9 Å². The van der Waals surface area contributed by atoms with Crippen molar-refractivity contribution in [2.75, 3.05) is 0 Å². The number of hydrogen-bond donors (Lipinski definition) is 0. The molecule has 0 fully saturated rings. The Balaban J connectivity index is 2.27. The Morgan fingerprint density at radius 1 is 1.31 bits per heavy atom. The van der Waals surface area contributed by atoms with Crippen LogP contribution in [0.3, 0.4) is 0 Å². The number of benzene rings is 1. The van der Waals surface area contributed by atoms with E-state index in [1.54, 1.807) is 0 Å². The van der Waals surface area contributed by atoms with Crippen LogP contribution in [-0.4, -0.2) is 5.78 Å². The van der Waals surface area contributed by atoms with Gasteiger partial charge in [0.15, 0.2) is 5.78 Å².